The number of hydrogen-bond donors (Lipinski definition) is 0. The van der Waals surface area contributed by atoms with Gasteiger partial charge in [-0.15, -0.1) is 10.2 Å². The Kier molecular flexibility index (Phi) is 6.61. The smallest absolute Gasteiger partial charge is 0.247 e. The fraction of sp³-hybridized carbons (Fsp3) is 0.320. The fourth-order valence-corrected chi connectivity index (χ4v) is 4.78. The van der Waals surface area contributed by atoms with Gasteiger partial charge in [0.1, 0.15) is 0 Å². The van der Waals surface area contributed by atoms with Gasteiger partial charge >= 0.3 is 0 Å². The summed E-state index contributed by atoms with van der Waals surface area (Å²) < 4.78 is 6.41. The Hall–Kier alpha value is -3.44. The molecule has 1 aliphatic heterocycles. The molecule has 1 amide bonds. The standard InChI is InChI=1S/C25H25N5O2S/c1-5-6-11-33-25-27-23-21(28-29-25)20-13-15(2)12-16(3)22(20)30(17(4)31)24(32-23)19-9-7-18(14-26)8-10-19/h7-10,12-13,24H,5-6,11H2,1-4H3/t24-/m0/s1. The van der Waals surface area contributed by atoms with Gasteiger partial charge in [0, 0.05) is 23.8 Å². The van der Waals surface area contributed by atoms with Crippen LogP contribution in [0.4, 0.5) is 5.69 Å². The average Bonchev–Trinajstić information content (AvgIpc) is 2.94. The van der Waals surface area contributed by atoms with Crippen molar-refractivity contribution in [3.63, 3.8) is 0 Å². The quantitative estimate of drug-likeness (QED) is 0.374. The summed E-state index contributed by atoms with van der Waals surface area (Å²) in [5.41, 5.74) is 5.25. The maximum atomic E-state index is 13.0. The van der Waals surface area contributed by atoms with E-state index < -0.39 is 6.23 Å². The van der Waals surface area contributed by atoms with Crippen molar-refractivity contribution >= 4 is 23.4 Å². The van der Waals surface area contributed by atoms with E-state index in [0.29, 0.717) is 22.3 Å². The Morgan fingerprint density at radius 2 is 1.97 bits per heavy atom. The Morgan fingerprint density at radius 3 is 2.64 bits per heavy atom. The molecule has 0 aliphatic carbocycles. The van der Waals surface area contributed by atoms with Gasteiger partial charge in [-0.2, -0.15) is 10.2 Å². The van der Waals surface area contributed by atoms with E-state index >= 15 is 0 Å². The predicted octanol–water partition coefficient (Wildman–Crippen LogP) is 5.36. The minimum atomic E-state index is -0.762. The van der Waals surface area contributed by atoms with E-state index in [1.54, 1.807) is 29.2 Å². The lowest BCUT2D eigenvalue weighted by atomic mass is 10.00. The van der Waals surface area contributed by atoms with Crippen molar-refractivity contribution in [1.29, 1.82) is 5.26 Å². The number of carbonyl (C=O) groups excluding carboxylic acids is 1. The normalized spacial score (nSPS) is 14.5. The van der Waals surface area contributed by atoms with Crippen LogP contribution in [0.5, 0.6) is 5.88 Å². The number of anilines is 1. The van der Waals surface area contributed by atoms with Crippen molar-refractivity contribution in [2.24, 2.45) is 0 Å². The predicted molar refractivity (Wildman–Crippen MR) is 128 cm³/mol. The van der Waals surface area contributed by atoms with Gasteiger partial charge in [0.15, 0.2) is 5.69 Å². The van der Waals surface area contributed by atoms with Crippen LogP contribution in [-0.4, -0.2) is 26.8 Å². The molecule has 0 fully saturated rings. The van der Waals surface area contributed by atoms with E-state index in [0.717, 1.165) is 46.5 Å². The molecule has 2 heterocycles. The molecular weight excluding hydrogens is 434 g/mol. The Bertz CT molecular complexity index is 1240. The average molecular weight is 460 g/mol. The second-order valence-corrected chi connectivity index (χ2v) is 9.08. The first-order valence-corrected chi connectivity index (χ1v) is 11.9. The van der Waals surface area contributed by atoms with E-state index in [4.69, 9.17) is 4.74 Å². The molecule has 1 aromatic heterocycles. The minimum absolute atomic E-state index is 0.170. The molecule has 1 aliphatic rings. The molecule has 3 aromatic rings. The molecule has 168 valence electrons. The fourth-order valence-electron chi connectivity index (χ4n) is 3.92. The van der Waals surface area contributed by atoms with Gasteiger partial charge in [0.05, 0.1) is 17.3 Å². The van der Waals surface area contributed by atoms with Crippen LogP contribution in [0, 0.1) is 25.2 Å². The van der Waals surface area contributed by atoms with Crippen molar-refractivity contribution in [2.75, 3.05) is 10.7 Å². The van der Waals surface area contributed by atoms with E-state index in [2.05, 4.69) is 28.2 Å². The summed E-state index contributed by atoms with van der Waals surface area (Å²) in [6.45, 7) is 7.63. The SMILES string of the molecule is CCCCSc1nnc2c(n1)O[C@@H](c1ccc(C#N)cc1)N(C(C)=O)c1c(C)cc(C)cc1-2. The Morgan fingerprint density at radius 1 is 1.21 bits per heavy atom. The number of rotatable bonds is 5. The molecule has 0 spiro atoms. The molecule has 0 radical (unpaired) electrons. The molecule has 33 heavy (non-hydrogen) atoms. The van der Waals surface area contributed by atoms with Crippen LogP contribution < -0.4 is 9.64 Å². The van der Waals surface area contributed by atoms with Crippen molar-refractivity contribution in [2.45, 2.75) is 51.9 Å². The zero-order valence-electron chi connectivity index (χ0n) is 19.1. The van der Waals surface area contributed by atoms with Gasteiger partial charge in [-0.3, -0.25) is 9.69 Å². The molecule has 8 heteroatoms. The van der Waals surface area contributed by atoms with E-state index in [-0.39, 0.29) is 5.91 Å². The highest BCUT2D eigenvalue weighted by Gasteiger charge is 2.35. The number of aromatic nitrogens is 3. The second kappa shape index (κ2) is 9.59. The summed E-state index contributed by atoms with van der Waals surface area (Å²) in [5, 5.41) is 18.6. The van der Waals surface area contributed by atoms with E-state index in [9.17, 15) is 10.1 Å². The number of nitrogens with zero attached hydrogens (tertiary/aromatic N) is 5. The van der Waals surface area contributed by atoms with Crippen molar-refractivity contribution in [1.82, 2.24) is 15.2 Å². The number of fused-ring (bicyclic) bond motifs is 3. The zero-order valence-corrected chi connectivity index (χ0v) is 19.9. The third kappa shape index (κ3) is 4.55. The number of aryl methyl sites for hydroxylation is 2. The number of carbonyl (C=O) groups is 1. The monoisotopic (exact) mass is 459 g/mol. The van der Waals surface area contributed by atoms with Crippen LogP contribution in [-0.2, 0) is 4.79 Å². The molecule has 2 aromatic carbocycles. The molecule has 0 saturated heterocycles. The summed E-state index contributed by atoms with van der Waals surface area (Å²) in [6, 6.07) is 13.2. The van der Waals surface area contributed by atoms with Crippen molar-refractivity contribution in [3.05, 3.63) is 58.7 Å². The van der Waals surface area contributed by atoms with Crippen LogP contribution >= 0.6 is 11.8 Å². The van der Waals surface area contributed by atoms with Gasteiger partial charge in [0.25, 0.3) is 0 Å². The third-order valence-electron chi connectivity index (χ3n) is 5.43. The van der Waals surface area contributed by atoms with E-state index in [1.807, 2.05) is 26.0 Å². The summed E-state index contributed by atoms with van der Waals surface area (Å²) >= 11 is 1.54. The number of hydrogen-bond acceptors (Lipinski definition) is 7. The maximum absolute atomic E-state index is 13.0. The minimum Gasteiger partial charge on any atom is -0.447 e. The molecule has 0 saturated carbocycles. The Labute approximate surface area is 197 Å². The first-order valence-electron chi connectivity index (χ1n) is 10.9. The topological polar surface area (TPSA) is 92.0 Å². The molecule has 0 bridgehead atoms. The molecule has 4 rings (SSSR count). The Balaban J connectivity index is 1.91. The summed E-state index contributed by atoms with van der Waals surface area (Å²) in [7, 11) is 0. The van der Waals surface area contributed by atoms with Crippen LogP contribution in [0.2, 0.25) is 0 Å². The number of nitriles is 1. The van der Waals surface area contributed by atoms with Gasteiger partial charge in [0.2, 0.25) is 23.2 Å². The van der Waals surface area contributed by atoms with Crippen molar-refractivity contribution in [3.8, 4) is 23.2 Å². The third-order valence-corrected chi connectivity index (χ3v) is 6.35. The number of unbranched alkanes of at least 4 members (excludes halogenated alkanes) is 1. The first-order chi connectivity index (χ1) is 15.9. The lowest BCUT2D eigenvalue weighted by molar-refractivity contribution is -0.118. The zero-order chi connectivity index (χ0) is 23.5. The number of thioether (sulfide) groups is 1. The highest BCUT2D eigenvalue weighted by molar-refractivity contribution is 7.99. The van der Waals surface area contributed by atoms with Gasteiger partial charge in [-0.1, -0.05) is 48.9 Å². The lowest BCUT2D eigenvalue weighted by Crippen LogP contribution is -2.36. The van der Waals surface area contributed by atoms with Crippen LogP contribution in [0.1, 0.15) is 55.2 Å². The second-order valence-electron chi connectivity index (χ2n) is 8.02. The molecule has 0 unspecified atom stereocenters. The van der Waals surface area contributed by atoms with Gasteiger partial charge in [-0.05, 0) is 44.0 Å². The maximum Gasteiger partial charge on any atom is 0.247 e. The van der Waals surface area contributed by atoms with Crippen LogP contribution in [0.15, 0.2) is 41.6 Å². The summed E-state index contributed by atoms with van der Waals surface area (Å²) in [5.74, 6) is 1.06. The van der Waals surface area contributed by atoms with Crippen LogP contribution in [0.3, 0.4) is 0 Å². The summed E-state index contributed by atoms with van der Waals surface area (Å²) in [4.78, 5) is 19.3. The number of ether oxygens (including phenoxy) is 1. The van der Waals surface area contributed by atoms with Crippen LogP contribution in [0.25, 0.3) is 11.3 Å². The van der Waals surface area contributed by atoms with Crippen molar-refractivity contribution < 1.29 is 9.53 Å². The number of benzene rings is 2. The van der Waals surface area contributed by atoms with E-state index in [1.165, 1.54) is 18.7 Å². The van der Waals surface area contributed by atoms with Gasteiger partial charge in [-0.25, -0.2) is 0 Å². The molecule has 1 atom stereocenters. The molecule has 0 N–H and O–H groups in total. The largest absolute Gasteiger partial charge is 0.447 e. The molecular formula is C25H25N5O2S. The highest BCUT2D eigenvalue weighted by Crippen LogP contribution is 2.45. The highest BCUT2D eigenvalue weighted by atomic mass is 32.2. The lowest BCUT2D eigenvalue weighted by Gasteiger charge is -2.31. The number of amides is 1. The first kappa shape index (κ1) is 22.7. The summed E-state index contributed by atoms with van der Waals surface area (Å²) in [6.07, 6.45) is 1.38. The van der Waals surface area contributed by atoms with Gasteiger partial charge < -0.3 is 4.74 Å². The molecule has 7 nitrogen and oxygen atoms in total.